The minimum Gasteiger partial charge on any atom is -0.493 e. The first-order valence-corrected chi connectivity index (χ1v) is 13.8. The number of anilines is 1. The van der Waals surface area contributed by atoms with Crippen LogP contribution in [0.4, 0.5) is 5.82 Å². The summed E-state index contributed by atoms with van der Waals surface area (Å²) >= 11 is 0. The highest BCUT2D eigenvalue weighted by atomic mass is 32.2. The monoisotopic (exact) mass is 517 g/mol. The Bertz CT molecular complexity index is 1630. The summed E-state index contributed by atoms with van der Waals surface area (Å²) in [5.41, 5.74) is 5.60. The largest absolute Gasteiger partial charge is 0.493 e. The molecule has 5 aromatic rings. The zero-order valence-electron chi connectivity index (χ0n) is 20.6. The average molecular weight is 518 g/mol. The van der Waals surface area contributed by atoms with Crippen molar-refractivity contribution in [2.75, 3.05) is 23.9 Å². The molecule has 0 aliphatic rings. The number of nitrogens with one attached hydrogen (secondary N) is 1. The van der Waals surface area contributed by atoms with Crippen LogP contribution in [0.15, 0.2) is 73.6 Å². The fourth-order valence-corrected chi connectivity index (χ4v) is 4.57. The molecule has 1 N–H and O–H groups in total. The van der Waals surface area contributed by atoms with Crippen LogP contribution in [0.3, 0.4) is 0 Å². The maximum atomic E-state index is 11.3. The van der Waals surface area contributed by atoms with Crippen molar-refractivity contribution in [1.29, 1.82) is 0 Å². The number of rotatable bonds is 10. The lowest BCUT2D eigenvalue weighted by Gasteiger charge is -2.09. The highest BCUT2D eigenvalue weighted by Crippen LogP contribution is 2.24. The van der Waals surface area contributed by atoms with E-state index < -0.39 is 9.84 Å². The summed E-state index contributed by atoms with van der Waals surface area (Å²) in [6.07, 6.45) is 10.7. The van der Waals surface area contributed by atoms with E-state index in [4.69, 9.17) is 4.74 Å². The zero-order chi connectivity index (χ0) is 25.8. The van der Waals surface area contributed by atoms with E-state index in [1.165, 1.54) is 12.6 Å². The highest BCUT2D eigenvalue weighted by Gasteiger charge is 2.10. The highest BCUT2D eigenvalue weighted by molar-refractivity contribution is 7.90. The smallest absolute Gasteiger partial charge is 0.147 e. The van der Waals surface area contributed by atoms with Crippen molar-refractivity contribution in [3.63, 3.8) is 0 Å². The second-order valence-electron chi connectivity index (χ2n) is 8.81. The van der Waals surface area contributed by atoms with Crippen molar-refractivity contribution in [1.82, 2.24) is 29.1 Å². The predicted molar refractivity (Wildman–Crippen MR) is 142 cm³/mol. The van der Waals surface area contributed by atoms with Gasteiger partial charge in [-0.25, -0.2) is 23.4 Å². The number of hydrogen-bond acceptors (Lipinski definition) is 8. The van der Waals surface area contributed by atoms with Gasteiger partial charge in [0.05, 0.1) is 36.1 Å². The number of pyridine rings is 1. The normalized spacial score (nSPS) is 11.6. The van der Waals surface area contributed by atoms with Gasteiger partial charge < -0.3 is 10.1 Å². The lowest BCUT2D eigenvalue weighted by molar-refractivity contribution is 0.317. The Labute approximate surface area is 214 Å². The van der Waals surface area contributed by atoms with Crippen molar-refractivity contribution in [2.24, 2.45) is 7.05 Å². The Balaban J connectivity index is 1.24. The van der Waals surface area contributed by atoms with E-state index in [2.05, 4.69) is 49.6 Å². The molecule has 190 valence electrons. The molecule has 1 aromatic carbocycles. The van der Waals surface area contributed by atoms with Crippen LogP contribution in [0.25, 0.3) is 28.2 Å². The average Bonchev–Trinajstić information content (AvgIpc) is 3.51. The first kappa shape index (κ1) is 24.4. The predicted octanol–water partition coefficient (Wildman–Crippen LogP) is 3.62. The summed E-state index contributed by atoms with van der Waals surface area (Å²) < 4.78 is 31.9. The molecule has 0 aliphatic carbocycles. The van der Waals surface area contributed by atoms with Gasteiger partial charge in [-0.05, 0) is 23.6 Å². The molecule has 0 amide bonds. The number of aromatic nitrogens is 6. The second-order valence-corrected chi connectivity index (χ2v) is 11.1. The second kappa shape index (κ2) is 10.4. The Morgan fingerprint density at radius 1 is 1.00 bits per heavy atom. The summed E-state index contributed by atoms with van der Waals surface area (Å²) in [7, 11) is -1.09. The van der Waals surface area contributed by atoms with E-state index in [9.17, 15) is 8.42 Å². The number of imidazole rings is 1. The van der Waals surface area contributed by atoms with Crippen LogP contribution in [0.1, 0.15) is 12.0 Å². The molecule has 0 spiro atoms. The van der Waals surface area contributed by atoms with Crippen molar-refractivity contribution in [3.05, 3.63) is 79.1 Å². The van der Waals surface area contributed by atoms with E-state index in [1.807, 2.05) is 48.2 Å². The zero-order valence-corrected chi connectivity index (χ0v) is 21.4. The van der Waals surface area contributed by atoms with Crippen LogP contribution in [-0.4, -0.2) is 56.2 Å². The Kier molecular flexibility index (Phi) is 6.87. The Morgan fingerprint density at radius 3 is 2.59 bits per heavy atom. The van der Waals surface area contributed by atoms with Crippen molar-refractivity contribution < 1.29 is 13.2 Å². The van der Waals surface area contributed by atoms with Gasteiger partial charge in [0.15, 0.2) is 0 Å². The van der Waals surface area contributed by atoms with Gasteiger partial charge in [-0.2, -0.15) is 5.10 Å². The maximum Gasteiger partial charge on any atom is 0.147 e. The minimum absolute atomic E-state index is 0.101. The molecular formula is C26H27N7O3S. The molecule has 0 bridgehead atoms. The number of nitrogens with zero attached hydrogens (tertiary/aromatic N) is 6. The number of aryl methyl sites for hydroxylation is 1. The first-order chi connectivity index (χ1) is 17.8. The third-order valence-corrected chi connectivity index (χ3v) is 6.84. The molecule has 0 saturated heterocycles. The van der Waals surface area contributed by atoms with Gasteiger partial charge in [0, 0.05) is 49.9 Å². The molecule has 0 radical (unpaired) electrons. The topological polar surface area (TPSA) is 116 Å². The number of fused-ring (bicyclic) bond motifs is 1. The van der Waals surface area contributed by atoms with E-state index in [-0.39, 0.29) is 5.75 Å². The van der Waals surface area contributed by atoms with Crippen molar-refractivity contribution in [2.45, 2.75) is 13.0 Å². The van der Waals surface area contributed by atoms with E-state index in [1.54, 1.807) is 10.9 Å². The molecule has 0 saturated carbocycles. The van der Waals surface area contributed by atoms with Gasteiger partial charge in [-0.1, -0.05) is 24.3 Å². The van der Waals surface area contributed by atoms with E-state index in [0.29, 0.717) is 36.8 Å². The number of sulfone groups is 1. The molecular weight excluding hydrogens is 490 g/mol. The number of benzene rings is 1. The SMILES string of the molecule is Cn1cc(-c2ccc(CNc3cc(-c4cnc5cc(OCCCS(C)(=O)=O)ccn45)ncn3)cc2)cn1. The fourth-order valence-electron chi connectivity index (χ4n) is 3.92. The van der Waals surface area contributed by atoms with Crippen molar-refractivity contribution >= 4 is 21.3 Å². The number of ether oxygens (including phenoxy) is 1. The third-order valence-electron chi connectivity index (χ3n) is 5.81. The third kappa shape index (κ3) is 6.12. The van der Waals surface area contributed by atoms with Crippen LogP contribution in [0, 0.1) is 0 Å². The quantitative estimate of drug-likeness (QED) is 0.279. The van der Waals surface area contributed by atoms with Gasteiger partial charge in [0.2, 0.25) is 0 Å². The maximum absolute atomic E-state index is 11.3. The lowest BCUT2D eigenvalue weighted by atomic mass is 10.1. The summed E-state index contributed by atoms with van der Waals surface area (Å²) in [6, 6.07) is 13.9. The molecule has 0 unspecified atom stereocenters. The van der Waals surface area contributed by atoms with Gasteiger partial charge in [0.1, 0.15) is 33.4 Å². The fraction of sp³-hybridized carbons (Fsp3) is 0.231. The molecule has 0 fully saturated rings. The minimum atomic E-state index is -2.99. The van der Waals surface area contributed by atoms with Crippen LogP contribution in [0.2, 0.25) is 0 Å². The van der Waals surface area contributed by atoms with E-state index in [0.717, 1.165) is 28.1 Å². The summed E-state index contributed by atoms with van der Waals surface area (Å²) in [5.74, 6) is 1.45. The number of hydrogen-bond donors (Lipinski definition) is 1. The van der Waals surface area contributed by atoms with Crippen molar-refractivity contribution in [3.8, 4) is 28.3 Å². The van der Waals surface area contributed by atoms with Crippen LogP contribution < -0.4 is 10.1 Å². The Morgan fingerprint density at radius 2 is 1.84 bits per heavy atom. The molecule has 11 heteroatoms. The van der Waals surface area contributed by atoms with Crippen LogP contribution in [-0.2, 0) is 23.4 Å². The summed E-state index contributed by atoms with van der Waals surface area (Å²) in [6.45, 7) is 0.945. The van der Waals surface area contributed by atoms with Gasteiger partial charge in [0.25, 0.3) is 0 Å². The molecule has 4 aromatic heterocycles. The van der Waals surface area contributed by atoms with Gasteiger partial charge in [-0.3, -0.25) is 9.08 Å². The standard InChI is InChI=1S/C26H27N7O3S/c1-32-17-21(15-31-32)20-6-4-19(5-7-20)14-27-25-13-23(29-18-30-25)24-16-28-26-12-22(8-9-33(24)26)36-10-3-11-37(2,34)35/h4-9,12-13,15-18H,3,10-11,14H2,1-2H3,(H,27,29,30). The van der Waals surface area contributed by atoms with Crippen LogP contribution >= 0.6 is 0 Å². The van der Waals surface area contributed by atoms with Gasteiger partial charge >= 0.3 is 0 Å². The molecule has 0 aliphatic heterocycles. The molecule has 4 heterocycles. The van der Waals surface area contributed by atoms with Gasteiger partial charge in [-0.15, -0.1) is 0 Å². The summed E-state index contributed by atoms with van der Waals surface area (Å²) in [5, 5.41) is 7.59. The Hall–Kier alpha value is -4.25. The molecule has 37 heavy (non-hydrogen) atoms. The first-order valence-electron chi connectivity index (χ1n) is 11.8. The molecule has 0 atom stereocenters. The van der Waals surface area contributed by atoms with Crippen LogP contribution in [0.5, 0.6) is 5.75 Å². The molecule has 10 nitrogen and oxygen atoms in total. The summed E-state index contributed by atoms with van der Waals surface area (Å²) in [4.78, 5) is 13.3. The van der Waals surface area contributed by atoms with E-state index >= 15 is 0 Å². The molecule has 5 rings (SSSR count). The lowest BCUT2D eigenvalue weighted by Crippen LogP contribution is -2.08.